The lowest BCUT2D eigenvalue weighted by molar-refractivity contribution is 0.148. The number of hydrogen-bond acceptors (Lipinski definition) is 3. The Kier molecular flexibility index (Phi) is 3.42. The van der Waals surface area contributed by atoms with Gasteiger partial charge in [0.15, 0.2) is 0 Å². The molecule has 14 heavy (non-hydrogen) atoms. The summed E-state index contributed by atoms with van der Waals surface area (Å²) in [7, 11) is 1.79. The zero-order chi connectivity index (χ0) is 9.97. The molecule has 0 amide bonds. The van der Waals surface area contributed by atoms with Gasteiger partial charge in [-0.1, -0.05) is 0 Å². The van der Waals surface area contributed by atoms with E-state index in [0.717, 1.165) is 18.4 Å². The number of likely N-dealkylation sites (tertiary alicyclic amines) is 1. The van der Waals surface area contributed by atoms with Crippen molar-refractivity contribution in [2.45, 2.75) is 19.4 Å². The Bertz CT molecular complexity index is 174. The standard InChI is InChI=1S/C11H22N2O/c1-9(3-4-14-2)13-7-10-5-12-6-11(10)8-13/h9-12H,3-8H2,1-2H3/t9?,10-,11+. The molecule has 0 spiro atoms. The molecule has 2 saturated heterocycles. The van der Waals surface area contributed by atoms with E-state index in [-0.39, 0.29) is 0 Å². The summed E-state index contributed by atoms with van der Waals surface area (Å²) < 4.78 is 5.13. The first-order valence-corrected chi connectivity index (χ1v) is 5.75. The highest BCUT2D eigenvalue weighted by Gasteiger charge is 2.37. The molecule has 2 rings (SSSR count). The third-order valence-corrected chi connectivity index (χ3v) is 3.78. The summed E-state index contributed by atoms with van der Waals surface area (Å²) in [5.41, 5.74) is 0. The third kappa shape index (κ3) is 2.10. The quantitative estimate of drug-likeness (QED) is 0.714. The summed E-state index contributed by atoms with van der Waals surface area (Å²) in [4.78, 5) is 2.63. The Morgan fingerprint density at radius 2 is 2.00 bits per heavy atom. The van der Waals surface area contributed by atoms with Gasteiger partial charge in [0.2, 0.25) is 0 Å². The number of hydrogen-bond donors (Lipinski definition) is 1. The van der Waals surface area contributed by atoms with E-state index in [4.69, 9.17) is 4.74 Å². The van der Waals surface area contributed by atoms with Gasteiger partial charge < -0.3 is 10.1 Å². The summed E-state index contributed by atoms with van der Waals surface area (Å²) in [6, 6.07) is 0.695. The van der Waals surface area contributed by atoms with Crippen molar-refractivity contribution in [1.29, 1.82) is 0 Å². The number of fused-ring (bicyclic) bond motifs is 1. The van der Waals surface area contributed by atoms with Gasteiger partial charge in [-0.3, -0.25) is 4.90 Å². The van der Waals surface area contributed by atoms with Gasteiger partial charge >= 0.3 is 0 Å². The van der Waals surface area contributed by atoms with Crippen LogP contribution in [0, 0.1) is 11.8 Å². The molecule has 0 aliphatic carbocycles. The average Bonchev–Trinajstić information content (AvgIpc) is 2.72. The molecular weight excluding hydrogens is 176 g/mol. The fraction of sp³-hybridized carbons (Fsp3) is 1.00. The van der Waals surface area contributed by atoms with E-state index in [2.05, 4.69) is 17.1 Å². The molecule has 3 atom stereocenters. The van der Waals surface area contributed by atoms with E-state index in [1.54, 1.807) is 7.11 Å². The molecule has 0 radical (unpaired) electrons. The molecular formula is C11H22N2O. The minimum absolute atomic E-state index is 0.695. The monoisotopic (exact) mass is 198 g/mol. The predicted octanol–water partition coefficient (Wildman–Crippen LogP) is 0.563. The average molecular weight is 198 g/mol. The van der Waals surface area contributed by atoms with Gasteiger partial charge in [0.1, 0.15) is 0 Å². The fourth-order valence-electron chi connectivity index (χ4n) is 2.72. The maximum absolute atomic E-state index is 5.13. The molecule has 0 aromatic carbocycles. The van der Waals surface area contributed by atoms with Gasteiger partial charge in [-0.15, -0.1) is 0 Å². The Morgan fingerprint density at radius 1 is 1.36 bits per heavy atom. The second-order valence-electron chi connectivity index (χ2n) is 4.76. The van der Waals surface area contributed by atoms with Crippen LogP contribution < -0.4 is 5.32 Å². The number of rotatable bonds is 4. The van der Waals surface area contributed by atoms with E-state index >= 15 is 0 Å². The van der Waals surface area contributed by atoms with Crippen LogP contribution in [-0.2, 0) is 4.74 Å². The van der Waals surface area contributed by atoms with Gasteiger partial charge in [-0.25, -0.2) is 0 Å². The van der Waals surface area contributed by atoms with Crippen molar-refractivity contribution in [3.63, 3.8) is 0 Å². The summed E-state index contributed by atoms with van der Waals surface area (Å²) in [6.07, 6.45) is 1.17. The first-order valence-electron chi connectivity index (χ1n) is 5.75. The van der Waals surface area contributed by atoms with E-state index in [1.807, 2.05) is 0 Å². The van der Waals surface area contributed by atoms with E-state index < -0.39 is 0 Å². The summed E-state index contributed by atoms with van der Waals surface area (Å²) in [5.74, 6) is 1.83. The molecule has 2 aliphatic rings. The van der Waals surface area contributed by atoms with Crippen LogP contribution in [-0.4, -0.2) is 50.8 Å². The van der Waals surface area contributed by atoms with Crippen molar-refractivity contribution in [3.8, 4) is 0 Å². The highest BCUT2D eigenvalue weighted by atomic mass is 16.5. The maximum Gasteiger partial charge on any atom is 0.0477 e. The molecule has 0 aromatic heterocycles. The highest BCUT2D eigenvalue weighted by molar-refractivity contribution is 4.92. The Labute approximate surface area is 86.8 Å². The summed E-state index contributed by atoms with van der Waals surface area (Å²) in [5, 5.41) is 3.48. The molecule has 1 N–H and O–H groups in total. The first-order chi connectivity index (χ1) is 6.81. The van der Waals surface area contributed by atoms with Crippen LogP contribution >= 0.6 is 0 Å². The number of nitrogens with one attached hydrogen (secondary N) is 1. The second-order valence-corrected chi connectivity index (χ2v) is 4.76. The highest BCUT2D eigenvalue weighted by Crippen LogP contribution is 2.28. The zero-order valence-corrected chi connectivity index (χ0v) is 9.33. The molecule has 2 aliphatic heterocycles. The molecule has 3 nitrogen and oxygen atoms in total. The van der Waals surface area contributed by atoms with E-state index in [9.17, 15) is 0 Å². The van der Waals surface area contributed by atoms with Gasteiger partial charge in [0.25, 0.3) is 0 Å². The number of ether oxygens (including phenoxy) is 1. The fourth-order valence-corrected chi connectivity index (χ4v) is 2.72. The van der Waals surface area contributed by atoms with Crippen molar-refractivity contribution in [1.82, 2.24) is 10.2 Å². The summed E-state index contributed by atoms with van der Waals surface area (Å²) in [6.45, 7) is 8.28. The first kappa shape index (κ1) is 10.4. The Balaban J connectivity index is 1.77. The number of methoxy groups -OCH3 is 1. The normalized spacial score (nSPS) is 34.7. The zero-order valence-electron chi connectivity index (χ0n) is 9.33. The van der Waals surface area contributed by atoms with Gasteiger partial charge in [-0.05, 0) is 38.3 Å². The van der Waals surface area contributed by atoms with E-state index in [1.165, 1.54) is 32.6 Å². The van der Waals surface area contributed by atoms with E-state index in [0.29, 0.717) is 6.04 Å². The van der Waals surface area contributed by atoms with Gasteiger partial charge in [-0.2, -0.15) is 0 Å². The van der Waals surface area contributed by atoms with Crippen LogP contribution in [0.4, 0.5) is 0 Å². The lowest BCUT2D eigenvalue weighted by Gasteiger charge is -2.24. The van der Waals surface area contributed by atoms with Crippen molar-refractivity contribution < 1.29 is 4.74 Å². The molecule has 0 saturated carbocycles. The predicted molar refractivity (Wildman–Crippen MR) is 57.4 cm³/mol. The molecule has 2 fully saturated rings. The Morgan fingerprint density at radius 3 is 2.57 bits per heavy atom. The topological polar surface area (TPSA) is 24.5 Å². The lowest BCUT2D eigenvalue weighted by atomic mass is 10.0. The van der Waals surface area contributed by atoms with Gasteiger partial charge in [0.05, 0.1) is 0 Å². The van der Waals surface area contributed by atoms with Crippen LogP contribution in [0.2, 0.25) is 0 Å². The Hall–Kier alpha value is -0.120. The van der Waals surface area contributed by atoms with Crippen LogP contribution in [0.1, 0.15) is 13.3 Å². The van der Waals surface area contributed by atoms with Crippen molar-refractivity contribution in [2.75, 3.05) is 39.9 Å². The van der Waals surface area contributed by atoms with Crippen LogP contribution in [0.3, 0.4) is 0 Å². The summed E-state index contributed by atoms with van der Waals surface area (Å²) >= 11 is 0. The molecule has 1 unspecified atom stereocenters. The van der Waals surface area contributed by atoms with Gasteiger partial charge in [0, 0.05) is 32.8 Å². The third-order valence-electron chi connectivity index (χ3n) is 3.78. The molecule has 0 aromatic rings. The van der Waals surface area contributed by atoms with Crippen LogP contribution in [0.15, 0.2) is 0 Å². The minimum atomic E-state index is 0.695. The number of nitrogens with zero attached hydrogens (tertiary/aromatic N) is 1. The van der Waals surface area contributed by atoms with Crippen LogP contribution in [0.25, 0.3) is 0 Å². The lowest BCUT2D eigenvalue weighted by Crippen LogP contribution is -2.34. The molecule has 3 heteroatoms. The minimum Gasteiger partial charge on any atom is -0.385 e. The van der Waals surface area contributed by atoms with Crippen molar-refractivity contribution in [2.24, 2.45) is 11.8 Å². The second kappa shape index (κ2) is 4.60. The smallest absolute Gasteiger partial charge is 0.0477 e. The molecule has 2 heterocycles. The largest absolute Gasteiger partial charge is 0.385 e. The molecule has 0 bridgehead atoms. The van der Waals surface area contributed by atoms with Crippen molar-refractivity contribution >= 4 is 0 Å². The molecule has 82 valence electrons. The SMILES string of the molecule is COCCC(C)N1C[C@H]2CNC[C@H]2C1. The maximum atomic E-state index is 5.13. The van der Waals surface area contributed by atoms with Crippen LogP contribution in [0.5, 0.6) is 0 Å². The van der Waals surface area contributed by atoms with Crippen molar-refractivity contribution in [3.05, 3.63) is 0 Å².